The van der Waals surface area contributed by atoms with Crippen molar-refractivity contribution in [3.8, 4) is 6.07 Å². The summed E-state index contributed by atoms with van der Waals surface area (Å²) in [6, 6.07) is 5.66. The Labute approximate surface area is 111 Å². The van der Waals surface area contributed by atoms with Gasteiger partial charge in [-0.3, -0.25) is 4.79 Å². The number of carbonyl (C=O) groups excluding carboxylic acids is 1. The van der Waals surface area contributed by atoms with Crippen LogP contribution < -0.4 is 5.32 Å². The first kappa shape index (κ1) is 14.5. The van der Waals surface area contributed by atoms with Crippen molar-refractivity contribution in [2.75, 3.05) is 0 Å². The molecule has 18 heavy (non-hydrogen) atoms. The van der Waals surface area contributed by atoms with Crippen LogP contribution in [0.5, 0.6) is 0 Å². The maximum atomic E-state index is 13.5. The van der Waals surface area contributed by atoms with Crippen LogP contribution in [0.25, 0.3) is 0 Å². The number of rotatable bonds is 4. The molecule has 0 aliphatic heterocycles. The minimum Gasteiger partial charge on any atom is -0.340 e. The first-order valence-electron chi connectivity index (χ1n) is 5.57. The van der Waals surface area contributed by atoms with Crippen LogP contribution in [0.2, 0.25) is 5.02 Å². The van der Waals surface area contributed by atoms with Gasteiger partial charge in [-0.15, -0.1) is 0 Å². The van der Waals surface area contributed by atoms with Crippen molar-refractivity contribution >= 4 is 17.5 Å². The molecule has 1 aromatic carbocycles. The zero-order chi connectivity index (χ0) is 13.7. The Balaban J connectivity index is 2.74. The van der Waals surface area contributed by atoms with Gasteiger partial charge in [0, 0.05) is 10.6 Å². The predicted octanol–water partition coefficient (Wildman–Crippen LogP) is 2.69. The Morgan fingerprint density at radius 1 is 1.56 bits per heavy atom. The molecule has 96 valence electrons. The number of amides is 1. The molecule has 0 saturated heterocycles. The third-order valence-electron chi connectivity index (χ3n) is 2.52. The fourth-order valence-electron chi connectivity index (χ4n) is 1.43. The Morgan fingerprint density at radius 2 is 2.22 bits per heavy atom. The molecule has 0 saturated carbocycles. The molecule has 1 atom stereocenters. The fraction of sp³-hybridized carbons (Fsp3) is 0.385. The first-order valence-corrected chi connectivity index (χ1v) is 5.95. The SMILES string of the molecule is CC(C)C(C#N)NC(=O)Cc1c(F)cccc1Cl. The lowest BCUT2D eigenvalue weighted by Gasteiger charge is -2.15. The smallest absolute Gasteiger partial charge is 0.225 e. The Kier molecular flexibility index (Phi) is 5.11. The monoisotopic (exact) mass is 268 g/mol. The zero-order valence-electron chi connectivity index (χ0n) is 10.2. The lowest BCUT2D eigenvalue weighted by molar-refractivity contribution is -0.121. The second kappa shape index (κ2) is 6.36. The summed E-state index contributed by atoms with van der Waals surface area (Å²) >= 11 is 5.82. The number of halogens is 2. The average molecular weight is 269 g/mol. The zero-order valence-corrected chi connectivity index (χ0v) is 11.0. The van der Waals surface area contributed by atoms with E-state index in [1.807, 2.05) is 19.9 Å². The van der Waals surface area contributed by atoms with Crippen molar-refractivity contribution in [3.05, 3.63) is 34.6 Å². The van der Waals surface area contributed by atoms with E-state index in [9.17, 15) is 9.18 Å². The first-order chi connectivity index (χ1) is 8.45. The minimum absolute atomic E-state index is 0.00459. The molecule has 0 fully saturated rings. The number of hydrogen-bond acceptors (Lipinski definition) is 2. The second-order valence-electron chi connectivity index (χ2n) is 4.30. The molecule has 3 nitrogen and oxygen atoms in total. The van der Waals surface area contributed by atoms with Crippen LogP contribution in [-0.2, 0) is 11.2 Å². The van der Waals surface area contributed by atoms with Crippen molar-refractivity contribution in [3.63, 3.8) is 0 Å². The molecule has 1 amide bonds. The maximum Gasteiger partial charge on any atom is 0.225 e. The van der Waals surface area contributed by atoms with E-state index < -0.39 is 17.8 Å². The van der Waals surface area contributed by atoms with Gasteiger partial charge >= 0.3 is 0 Å². The highest BCUT2D eigenvalue weighted by Gasteiger charge is 2.17. The number of carbonyl (C=O) groups is 1. The molecule has 5 heteroatoms. The molecule has 0 aliphatic carbocycles. The molecule has 0 aromatic heterocycles. The molecule has 1 aromatic rings. The lowest BCUT2D eigenvalue weighted by Crippen LogP contribution is -2.38. The fourth-order valence-corrected chi connectivity index (χ4v) is 1.66. The Morgan fingerprint density at radius 3 is 2.72 bits per heavy atom. The summed E-state index contributed by atoms with van der Waals surface area (Å²) in [6.07, 6.45) is -0.170. The van der Waals surface area contributed by atoms with Gasteiger partial charge in [-0.2, -0.15) is 5.26 Å². The summed E-state index contributed by atoms with van der Waals surface area (Å²) in [7, 11) is 0. The Hall–Kier alpha value is -1.60. The van der Waals surface area contributed by atoms with Crippen LogP contribution in [0.1, 0.15) is 19.4 Å². The number of nitriles is 1. The molecule has 1 N–H and O–H groups in total. The van der Waals surface area contributed by atoms with E-state index in [0.717, 1.165) is 0 Å². The summed E-state index contributed by atoms with van der Waals surface area (Å²) in [5.41, 5.74) is 0.150. The lowest BCUT2D eigenvalue weighted by atomic mass is 10.1. The van der Waals surface area contributed by atoms with Gasteiger partial charge < -0.3 is 5.32 Å². The largest absolute Gasteiger partial charge is 0.340 e. The van der Waals surface area contributed by atoms with E-state index >= 15 is 0 Å². The molecule has 0 bridgehead atoms. The van der Waals surface area contributed by atoms with Crippen LogP contribution in [0.15, 0.2) is 18.2 Å². The summed E-state index contributed by atoms with van der Waals surface area (Å²) in [5.74, 6) is -0.937. The molecule has 0 radical (unpaired) electrons. The van der Waals surface area contributed by atoms with Crippen molar-refractivity contribution in [1.29, 1.82) is 5.26 Å². The van der Waals surface area contributed by atoms with Gasteiger partial charge in [0.1, 0.15) is 11.9 Å². The number of nitrogens with one attached hydrogen (secondary N) is 1. The van der Waals surface area contributed by atoms with Crippen LogP contribution in [0, 0.1) is 23.1 Å². The van der Waals surface area contributed by atoms with Crippen molar-refractivity contribution in [1.82, 2.24) is 5.32 Å². The third-order valence-corrected chi connectivity index (χ3v) is 2.88. The molecule has 0 aliphatic rings. The van der Waals surface area contributed by atoms with Gasteiger partial charge in [-0.1, -0.05) is 31.5 Å². The van der Waals surface area contributed by atoms with Crippen molar-refractivity contribution in [2.24, 2.45) is 5.92 Å². The standard InChI is InChI=1S/C13H14ClFN2O/c1-8(2)12(7-16)17-13(18)6-9-10(14)4-3-5-11(9)15/h3-5,8,12H,6H2,1-2H3,(H,17,18). The second-order valence-corrected chi connectivity index (χ2v) is 4.70. The maximum absolute atomic E-state index is 13.5. The third kappa shape index (κ3) is 3.71. The van der Waals surface area contributed by atoms with Crippen molar-refractivity contribution in [2.45, 2.75) is 26.3 Å². The summed E-state index contributed by atoms with van der Waals surface area (Å²) in [4.78, 5) is 11.7. The highest BCUT2D eigenvalue weighted by Crippen LogP contribution is 2.19. The van der Waals surface area contributed by atoms with Crippen LogP contribution >= 0.6 is 11.6 Å². The summed E-state index contributed by atoms with van der Waals surface area (Å²) in [6.45, 7) is 3.65. The van der Waals surface area contributed by atoms with E-state index in [0.29, 0.717) is 0 Å². The summed E-state index contributed by atoms with van der Waals surface area (Å²) in [5, 5.41) is 11.6. The topological polar surface area (TPSA) is 52.9 Å². The van der Waals surface area contributed by atoms with Gasteiger partial charge in [-0.05, 0) is 18.1 Å². The van der Waals surface area contributed by atoms with Gasteiger partial charge in [0.15, 0.2) is 0 Å². The van der Waals surface area contributed by atoms with Crippen LogP contribution in [0.4, 0.5) is 4.39 Å². The molecular weight excluding hydrogens is 255 g/mol. The average Bonchev–Trinajstić information content (AvgIpc) is 2.30. The highest BCUT2D eigenvalue weighted by atomic mass is 35.5. The van der Waals surface area contributed by atoms with Crippen LogP contribution in [-0.4, -0.2) is 11.9 Å². The van der Waals surface area contributed by atoms with Crippen molar-refractivity contribution < 1.29 is 9.18 Å². The predicted molar refractivity (Wildman–Crippen MR) is 67.5 cm³/mol. The minimum atomic E-state index is -0.581. The van der Waals surface area contributed by atoms with Gasteiger partial charge in [0.25, 0.3) is 0 Å². The van der Waals surface area contributed by atoms with Gasteiger partial charge in [0.2, 0.25) is 5.91 Å². The molecule has 0 heterocycles. The quantitative estimate of drug-likeness (QED) is 0.913. The van der Waals surface area contributed by atoms with Gasteiger partial charge in [0.05, 0.1) is 12.5 Å². The molecule has 0 spiro atoms. The summed E-state index contributed by atoms with van der Waals surface area (Å²) < 4.78 is 13.5. The Bertz CT molecular complexity index is 462. The van der Waals surface area contributed by atoms with E-state index in [-0.39, 0.29) is 22.9 Å². The van der Waals surface area contributed by atoms with E-state index in [1.165, 1.54) is 18.2 Å². The normalized spacial score (nSPS) is 12.0. The molecule has 1 rings (SSSR count). The van der Waals surface area contributed by atoms with Crippen LogP contribution in [0.3, 0.4) is 0 Å². The number of nitrogens with zero attached hydrogens (tertiary/aromatic N) is 1. The number of hydrogen-bond donors (Lipinski definition) is 1. The van der Waals surface area contributed by atoms with E-state index in [1.54, 1.807) is 0 Å². The number of benzene rings is 1. The van der Waals surface area contributed by atoms with Gasteiger partial charge in [-0.25, -0.2) is 4.39 Å². The highest BCUT2D eigenvalue weighted by molar-refractivity contribution is 6.31. The van der Waals surface area contributed by atoms with E-state index in [4.69, 9.17) is 16.9 Å². The molecule has 1 unspecified atom stereocenters. The van der Waals surface area contributed by atoms with E-state index in [2.05, 4.69) is 5.32 Å². The molecular formula is C13H14ClFN2O.